The fourth-order valence-electron chi connectivity index (χ4n) is 2.00. The number of ether oxygens (including phenoxy) is 2. The predicted molar refractivity (Wildman–Crippen MR) is 87.3 cm³/mol. The van der Waals surface area contributed by atoms with Crippen LogP contribution in [0, 0.1) is 0 Å². The van der Waals surface area contributed by atoms with E-state index >= 15 is 0 Å². The van der Waals surface area contributed by atoms with Crippen LogP contribution in [-0.4, -0.2) is 33.4 Å². The first-order valence-corrected chi connectivity index (χ1v) is 8.06. The second-order valence-electron chi connectivity index (χ2n) is 4.44. The number of nitrogens with one attached hydrogen (secondary N) is 1. The first-order valence-electron chi connectivity index (χ1n) is 7.27. The van der Waals surface area contributed by atoms with E-state index in [9.17, 15) is 0 Å². The lowest BCUT2D eigenvalue weighted by Gasteiger charge is -2.15. The van der Waals surface area contributed by atoms with Crippen molar-refractivity contribution >= 4 is 21.9 Å². The van der Waals surface area contributed by atoms with E-state index in [0.717, 1.165) is 21.5 Å². The van der Waals surface area contributed by atoms with Crippen molar-refractivity contribution in [2.75, 3.05) is 18.5 Å². The quantitative estimate of drug-likeness (QED) is 0.770. The predicted octanol–water partition coefficient (Wildman–Crippen LogP) is 2.87. The molecule has 0 atom stereocenters. The molecule has 1 aromatic heterocycles. The third-order valence-corrected chi connectivity index (χ3v) is 3.53. The van der Waals surface area contributed by atoms with Gasteiger partial charge in [0.25, 0.3) is 0 Å². The van der Waals surface area contributed by atoms with Gasteiger partial charge in [0.15, 0.2) is 11.5 Å². The molecule has 2 rings (SSSR count). The van der Waals surface area contributed by atoms with Crippen LogP contribution in [0.1, 0.15) is 26.3 Å². The van der Waals surface area contributed by atoms with Crippen molar-refractivity contribution < 1.29 is 9.47 Å². The van der Waals surface area contributed by atoms with E-state index in [-0.39, 0.29) is 0 Å². The van der Waals surface area contributed by atoms with Crippen molar-refractivity contribution in [3.05, 3.63) is 22.2 Å². The third-order valence-electron chi connectivity index (χ3n) is 2.94. The van der Waals surface area contributed by atoms with Crippen LogP contribution in [0.5, 0.6) is 11.5 Å². The summed E-state index contributed by atoms with van der Waals surface area (Å²) in [5.74, 6) is 2.10. The molecule has 1 heterocycles. The normalized spacial score (nSPS) is 10.5. The molecule has 8 heteroatoms. The van der Waals surface area contributed by atoms with Crippen molar-refractivity contribution in [3.63, 3.8) is 0 Å². The van der Waals surface area contributed by atoms with Gasteiger partial charge in [0.2, 0.25) is 5.95 Å². The molecule has 22 heavy (non-hydrogen) atoms. The van der Waals surface area contributed by atoms with Crippen molar-refractivity contribution in [3.8, 4) is 11.5 Å². The summed E-state index contributed by atoms with van der Waals surface area (Å²) >= 11 is 3.54. The zero-order chi connectivity index (χ0) is 15.9. The number of hydrogen-bond donors (Lipinski definition) is 1. The molecule has 1 aromatic carbocycles. The summed E-state index contributed by atoms with van der Waals surface area (Å²) < 4.78 is 13.9. The highest BCUT2D eigenvalue weighted by Gasteiger charge is 2.12. The Bertz CT molecular complexity index is 617. The minimum Gasteiger partial charge on any atom is -0.490 e. The fraction of sp³-hybridized carbons (Fsp3) is 0.500. The first kappa shape index (κ1) is 16.5. The number of aryl methyl sites for hydroxylation is 1. The van der Waals surface area contributed by atoms with Crippen LogP contribution < -0.4 is 14.8 Å². The zero-order valence-electron chi connectivity index (χ0n) is 13.0. The highest BCUT2D eigenvalue weighted by molar-refractivity contribution is 9.10. The maximum Gasteiger partial charge on any atom is 0.243 e. The molecule has 0 fully saturated rings. The summed E-state index contributed by atoms with van der Waals surface area (Å²) in [7, 11) is 0. The van der Waals surface area contributed by atoms with Crippen LogP contribution in [0.15, 0.2) is 16.6 Å². The SMILES string of the molecule is CCOc1cc(CNc2nnnn2CC)cc(Br)c1OCC. The number of nitrogens with zero attached hydrogens (tertiary/aromatic N) is 4. The fourth-order valence-corrected chi connectivity index (χ4v) is 2.60. The Morgan fingerprint density at radius 3 is 2.64 bits per heavy atom. The van der Waals surface area contributed by atoms with Gasteiger partial charge in [-0.2, -0.15) is 0 Å². The van der Waals surface area contributed by atoms with Crippen molar-refractivity contribution in [1.29, 1.82) is 0 Å². The zero-order valence-corrected chi connectivity index (χ0v) is 14.6. The molecule has 0 saturated carbocycles. The van der Waals surface area contributed by atoms with Gasteiger partial charge >= 0.3 is 0 Å². The van der Waals surface area contributed by atoms with Gasteiger partial charge in [0.1, 0.15) is 0 Å². The van der Waals surface area contributed by atoms with Gasteiger partial charge in [-0.25, -0.2) is 4.68 Å². The Labute approximate surface area is 138 Å². The van der Waals surface area contributed by atoms with Gasteiger partial charge < -0.3 is 14.8 Å². The monoisotopic (exact) mass is 369 g/mol. The minimum absolute atomic E-state index is 0.581. The molecule has 0 bridgehead atoms. The van der Waals surface area contributed by atoms with E-state index < -0.39 is 0 Å². The highest BCUT2D eigenvalue weighted by atomic mass is 79.9. The van der Waals surface area contributed by atoms with E-state index in [0.29, 0.717) is 32.3 Å². The van der Waals surface area contributed by atoms with E-state index in [1.807, 2.05) is 32.9 Å². The number of aromatic nitrogens is 4. The lowest BCUT2D eigenvalue weighted by Crippen LogP contribution is -2.08. The second-order valence-corrected chi connectivity index (χ2v) is 5.30. The summed E-state index contributed by atoms with van der Waals surface area (Å²) in [6.45, 7) is 8.35. The summed E-state index contributed by atoms with van der Waals surface area (Å²) in [6.07, 6.45) is 0. The number of rotatable bonds is 8. The molecule has 0 spiro atoms. The number of hydrogen-bond acceptors (Lipinski definition) is 6. The van der Waals surface area contributed by atoms with Crippen LogP contribution >= 0.6 is 15.9 Å². The van der Waals surface area contributed by atoms with Gasteiger partial charge in [-0.1, -0.05) is 5.10 Å². The summed E-state index contributed by atoms with van der Waals surface area (Å²) in [6, 6.07) is 3.97. The maximum absolute atomic E-state index is 5.66. The minimum atomic E-state index is 0.581. The average molecular weight is 370 g/mol. The number of halogens is 1. The summed E-state index contributed by atoms with van der Waals surface area (Å²) in [4.78, 5) is 0. The molecule has 0 aliphatic rings. The lowest BCUT2D eigenvalue weighted by atomic mass is 10.2. The van der Waals surface area contributed by atoms with E-state index in [1.54, 1.807) is 4.68 Å². The van der Waals surface area contributed by atoms with Crippen LogP contribution in [0.2, 0.25) is 0 Å². The summed E-state index contributed by atoms with van der Waals surface area (Å²) in [5.41, 5.74) is 1.05. The molecule has 0 saturated heterocycles. The van der Waals surface area contributed by atoms with Crippen LogP contribution in [0.4, 0.5) is 5.95 Å². The third kappa shape index (κ3) is 3.88. The van der Waals surface area contributed by atoms with Gasteiger partial charge in [0.05, 0.1) is 17.7 Å². The molecular formula is C14H20BrN5O2. The van der Waals surface area contributed by atoms with E-state index in [4.69, 9.17) is 9.47 Å². The van der Waals surface area contributed by atoms with Gasteiger partial charge in [-0.15, -0.1) is 0 Å². The Morgan fingerprint density at radius 2 is 1.95 bits per heavy atom. The average Bonchev–Trinajstić information content (AvgIpc) is 2.96. The molecule has 0 aliphatic heterocycles. The van der Waals surface area contributed by atoms with Crippen molar-refractivity contribution in [2.24, 2.45) is 0 Å². The number of tetrazole rings is 1. The highest BCUT2D eigenvalue weighted by Crippen LogP contribution is 2.37. The molecule has 0 aliphatic carbocycles. The molecule has 120 valence electrons. The lowest BCUT2D eigenvalue weighted by molar-refractivity contribution is 0.286. The van der Waals surface area contributed by atoms with Crippen molar-refractivity contribution in [2.45, 2.75) is 33.9 Å². The van der Waals surface area contributed by atoms with Gasteiger partial charge in [-0.3, -0.25) is 0 Å². The molecule has 0 unspecified atom stereocenters. The smallest absolute Gasteiger partial charge is 0.243 e. The topological polar surface area (TPSA) is 74.1 Å². The van der Waals surface area contributed by atoms with Crippen LogP contribution in [0.3, 0.4) is 0 Å². The van der Waals surface area contributed by atoms with Crippen molar-refractivity contribution in [1.82, 2.24) is 20.2 Å². The van der Waals surface area contributed by atoms with Crippen LogP contribution in [0.25, 0.3) is 0 Å². The molecule has 7 nitrogen and oxygen atoms in total. The molecule has 0 amide bonds. The molecular weight excluding hydrogens is 350 g/mol. The van der Waals surface area contributed by atoms with E-state index in [1.165, 1.54) is 0 Å². The van der Waals surface area contributed by atoms with Crippen LogP contribution in [-0.2, 0) is 13.1 Å². The van der Waals surface area contributed by atoms with E-state index in [2.05, 4.69) is 36.8 Å². The first-order chi connectivity index (χ1) is 10.7. The Morgan fingerprint density at radius 1 is 1.18 bits per heavy atom. The second kappa shape index (κ2) is 7.98. The van der Waals surface area contributed by atoms with Gasteiger partial charge in [-0.05, 0) is 64.8 Å². The standard InChI is InChI=1S/C14H20BrN5O2/c1-4-20-14(17-18-19-20)16-9-10-7-11(15)13(22-6-3)12(8-10)21-5-2/h7-8H,4-6,9H2,1-3H3,(H,16,17,19). The number of benzene rings is 1. The number of anilines is 1. The largest absolute Gasteiger partial charge is 0.490 e. The summed E-state index contributed by atoms with van der Waals surface area (Å²) in [5, 5.41) is 14.7. The Kier molecular flexibility index (Phi) is 6.00. The Balaban J connectivity index is 2.17. The molecule has 2 aromatic rings. The Hall–Kier alpha value is -1.83. The molecule has 1 N–H and O–H groups in total. The maximum atomic E-state index is 5.66. The molecule has 0 radical (unpaired) electrons. The van der Waals surface area contributed by atoms with Gasteiger partial charge in [0, 0.05) is 13.1 Å².